The molecule has 4 rings (SSSR count). The van der Waals surface area contributed by atoms with Crippen LogP contribution in [0.3, 0.4) is 0 Å². The molecule has 0 atom stereocenters. The van der Waals surface area contributed by atoms with E-state index in [0.717, 1.165) is 22.4 Å². The lowest BCUT2D eigenvalue weighted by Gasteiger charge is -2.10. The van der Waals surface area contributed by atoms with Gasteiger partial charge in [-0.2, -0.15) is 4.68 Å². The van der Waals surface area contributed by atoms with Crippen molar-refractivity contribution in [3.05, 3.63) is 76.3 Å². The fraction of sp³-hybridized carbons (Fsp3) is 0.130. The Morgan fingerprint density at radius 2 is 1.79 bits per heavy atom. The summed E-state index contributed by atoms with van der Waals surface area (Å²) in [6, 6.07) is 18.7. The monoisotopic (exact) mass is 499 g/mol. The van der Waals surface area contributed by atoms with Gasteiger partial charge in [-0.15, -0.1) is 5.10 Å². The molecule has 4 aromatic rings. The normalized spacial score (nSPS) is 10.8. The van der Waals surface area contributed by atoms with E-state index in [1.807, 2.05) is 61.5 Å². The predicted molar refractivity (Wildman–Crippen MR) is 132 cm³/mol. The lowest BCUT2D eigenvalue weighted by atomic mass is 10.1. The first-order valence-corrected chi connectivity index (χ1v) is 11.6. The first-order valence-electron chi connectivity index (χ1n) is 9.86. The zero-order valence-corrected chi connectivity index (χ0v) is 20.1. The topological polar surface area (TPSA) is 81.9 Å². The highest BCUT2D eigenvalue weighted by atomic mass is 35.5. The van der Waals surface area contributed by atoms with Crippen LogP contribution in [-0.2, 0) is 4.79 Å². The highest BCUT2D eigenvalue weighted by molar-refractivity contribution is 7.99. The number of hydrogen-bond donors (Lipinski definition) is 1. The molecule has 168 valence electrons. The summed E-state index contributed by atoms with van der Waals surface area (Å²) in [6.45, 7) is 1.95. The molecule has 1 heterocycles. The fourth-order valence-corrected chi connectivity index (χ4v) is 4.33. The van der Waals surface area contributed by atoms with E-state index in [1.165, 1.54) is 16.4 Å². The molecule has 33 heavy (non-hydrogen) atoms. The van der Waals surface area contributed by atoms with Crippen LogP contribution >= 0.6 is 35.0 Å². The number of tetrazole rings is 1. The number of benzene rings is 3. The molecule has 0 saturated carbocycles. The Labute approximate surface area is 205 Å². The molecule has 3 aromatic carbocycles. The molecule has 0 aliphatic carbocycles. The van der Waals surface area contributed by atoms with Gasteiger partial charge in [0.05, 0.1) is 34.3 Å². The quantitative estimate of drug-likeness (QED) is 0.329. The number of nitrogens with one attached hydrogen (secondary N) is 1. The third kappa shape index (κ3) is 5.47. The summed E-state index contributed by atoms with van der Waals surface area (Å²) in [6.07, 6.45) is 0. The Hall–Kier alpha value is -3.07. The summed E-state index contributed by atoms with van der Waals surface area (Å²) in [5.41, 5.74) is 4.13. The molecule has 1 N–H and O–H groups in total. The smallest absolute Gasteiger partial charge is 0.234 e. The Balaban J connectivity index is 1.41. The number of amides is 1. The molecule has 0 saturated heterocycles. The predicted octanol–water partition coefficient (Wildman–Crippen LogP) is 5.68. The van der Waals surface area contributed by atoms with Crippen LogP contribution < -0.4 is 10.1 Å². The lowest BCUT2D eigenvalue weighted by Crippen LogP contribution is -2.15. The first-order chi connectivity index (χ1) is 15.9. The second-order valence-electron chi connectivity index (χ2n) is 7.09. The van der Waals surface area contributed by atoms with Crippen LogP contribution in [0.1, 0.15) is 5.56 Å². The van der Waals surface area contributed by atoms with Crippen molar-refractivity contribution in [3.63, 3.8) is 0 Å². The minimum Gasteiger partial charge on any atom is -0.497 e. The zero-order chi connectivity index (χ0) is 23.4. The van der Waals surface area contributed by atoms with Gasteiger partial charge in [0.15, 0.2) is 0 Å². The van der Waals surface area contributed by atoms with E-state index in [9.17, 15) is 4.79 Å². The maximum Gasteiger partial charge on any atom is 0.234 e. The van der Waals surface area contributed by atoms with E-state index in [4.69, 9.17) is 27.9 Å². The Morgan fingerprint density at radius 3 is 2.48 bits per heavy atom. The van der Waals surface area contributed by atoms with Crippen molar-refractivity contribution in [2.75, 3.05) is 18.2 Å². The van der Waals surface area contributed by atoms with Crippen LogP contribution in [-0.4, -0.2) is 39.0 Å². The number of hydrogen-bond acceptors (Lipinski definition) is 6. The van der Waals surface area contributed by atoms with Crippen molar-refractivity contribution in [2.24, 2.45) is 0 Å². The molecule has 0 bridgehead atoms. The molecular weight excluding hydrogens is 481 g/mol. The van der Waals surface area contributed by atoms with Gasteiger partial charge >= 0.3 is 0 Å². The maximum absolute atomic E-state index is 12.5. The van der Waals surface area contributed by atoms with Gasteiger partial charge in [-0.25, -0.2) is 0 Å². The van der Waals surface area contributed by atoms with Crippen molar-refractivity contribution in [3.8, 4) is 22.6 Å². The highest BCUT2D eigenvalue weighted by Gasteiger charge is 2.15. The number of halogens is 2. The van der Waals surface area contributed by atoms with E-state index >= 15 is 0 Å². The van der Waals surface area contributed by atoms with Crippen LogP contribution in [0, 0.1) is 6.92 Å². The van der Waals surface area contributed by atoms with Crippen LogP contribution in [0.4, 0.5) is 5.69 Å². The van der Waals surface area contributed by atoms with Crippen LogP contribution in [0.25, 0.3) is 16.8 Å². The summed E-state index contributed by atoms with van der Waals surface area (Å²) in [5.74, 6) is 0.644. The number of methoxy groups -OCH3 is 1. The molecule has 0 spiro atoms. The average molecular weight is 500 g/mol. The second-order valence-corrected chi connectivity index (χ2v) is 8.85. The van der Waals surface area contributed by atoms with Gasteiger partial charge < -0.3 is 10.1 Å². The fourth-order valence-electron chi connectivity index (χ4n) is 3.10. The van der Waals surface area contributed by atoms with Crippen LogP contribution in [0.2, 0.25) is 10.0 Å². The van der Waals surface area contributed by atoms with Crippen molar-refractivity contribution < 1.29 is 9.53 Å². The molecule has 1 aromatic heterocycles. The summed E-state index contributed by atoms with van der Waals surface area (Å²) in [5, 5.41) is 16.0. The first kappa shape index (κ1) is 23.1. The largest absolute Gasteiger partial charge is 0.497 e. The van der Waals surface area contributed by atoms with Gasteiger partial charge in [-0.1, -0.05) is 59.2 Å². The Kier molecular flexibility index (Phi) is 7.17. The van der Waals surface area contributed by atoms with E-state index < -0.39 is 0 Å². The minimum absolute atomic E-state index is 0.0976. The number of aromatic nitrogens is 4. The molecule has 0 aliphatic heterocycles. The number of rotatable bonds is 7. The lowest BCUT2D eigenvalue weighted by molar-refractivity contribution is -0.113. The average Bonchev–Trinajstić information content (AvgIpc) is 3.27. The molecular formula is C23H19Cl2N5O2S. The molecule has 10 heteroatoms. The van der Waals surface area contributed by atoms with Crippen molar-refractivity contribution in [1.82, 2.24) is 20.2 Å². The summed E-state index contributed by atoms with van der Waals surface area (Å²) in [7, 11) is 1.62. The molecule has 0 aliphatic rings. The van der Waals surface area contributed by atoms with Gasteiger partial charge in [0.1, 0.15) is 5.75 Å². The van der Waals surface area contributed by atoms with E-state index in [0.29, 0.717) is 26.6 Å². The third-order valence-electron chi connectivity index (χ3n) is 4.77. The zero-order valence-electron chi connectivity index (χ0n) is 17.8. The number of aryl methyl sites for hydroxylation is 1. The SMILES string of the molecule is COc1ccc(-c2ccc(NC(=O)CSc3nnnn3-c3ccc(C)cc3Cl)c(Cl)c2)cc1. The number of nitrogens with zero attached hydrogens (tertiary/aromatic N) is 4. The van der Waals surface area contributed by atoms with Gasteiger partial charge in [-0.05, 0) is 70.4 Å². The number of carbonyl (C=O) groups excluding carboxylic acids is 1. The van der Waals surface area contributed by atoms with Gasteiger partial charge in [0.2, 0.25) is 11.1 Å². The van der Waals surface area contributed by atoms with E-state index in [1.54, 1.807) is 13.2 Å². The Morgan fingerprint density at radius 1 is 1.03 bits per heavy atom. The van der Waals surface area contributed by atoms with E-state index in [2.05, 4.69) is 20.8 Å². The van der Waals surface area contributed by atoms with Crippen LogP contribution in [0.15, 0.2) is 65.8 Å². The van der Waals surface area contributed by atoms with Gasteiger partial charge in [0.25, 0.3) is 0 Å². The molecule has 0 radical (unpaired) electrons. The summed E-state index contributed by atoms with van der Waals surface area (Å²) >= 11 is 13.9. The maximum atomic E-state index is 12.5. The number of thioether (sulfide) groups is 1. The van der Waals surface area contributed by atoms with Crippen molar-refractivity contribution in [1.29, 1.82) is 0 Å². The van der Waals surface area contributed by atoms with Gasteiger partial charge in [-0.3, -0.25) is 4.79 Å². The molecule has 0 fully saturated rings. The number of ether oxygens (including phenoxy) is 1. The van der Waals surface area contributed by atoms with Gasteiger partial charge in [0, 0.05) is 0 Å². The minimum atomic E-state index is -0.233. The van der Waals surface area contributed by atoms with E-state index in [-0.39, 0.29) is 11.7 Å². The molecule has 1 amide bonds. The number of carbonyl (C=O) groups is 1. The number of anilines is 1. The third-order valence-corrected chi connectivity index (χ3v) is 6.31. The summed E-state index contributed by atoms with van der Waals surface area (Å²) in [4.78, 5) is 12.5. The molecule has 0 unspecified atom stereocenters. The van der Waals surface area contributed by atoms with Crippen LogP contribution in [0.5, 0.6) is 5.75 Å². The van der Waals surface area contributed by atoms with Crippen molar-refractivity contribution in [2.45, 2.75) is 12.1 Å². The highest BCUT2D eigenvalue weighted by Crippen LogP contribution is 2.30. The standard InChI is InChI=1S/C23H19Cl2N5O2S/c1-14-3-10-21(19(25)11-14)30-23(27-28-29-30)33-13-22(31)26-20-9-6-16(12-18(20)24)15-4-7-17(32-2)8-5-15/h3-12H,13H2,1-2H3,(H,26,31). The second kappa shape index (κ2) is 10.2. The van der Waals surface area contributed by atoms with Crippen molar-refractivity contribution >= 4 is 46.6 Å². The molecule has 7 nitrogen and oxygen atoms in total. The Bertz CT molecular complexity index is 1290. The summed E-state index contributed by atoms with van der Waals surface area (Å²) < 4.78 is 6.70.